The van der Waals surface area contributed by atoms with Gasteiger partial charge in [-0.1, -0.05) is 36.4 Å². The summed E-state index contributed by atoms with van der Waals surface area (Å²) in [7, 11) is 0. The lowest BCUT2D eigenvalue weighted by atomic mass is 9.74. The molecule has 1 N–H and O–H groups in total. The number of hydrogen-bond acceptors (Lipinski definition) is 1. The Kier molecular flexibility index (Phi) is 2.58. The van der Waals surface area contributed by atoms with Crippen LogP contribution in [0, 0.1) is 0 Å². The molecular weight excluding hydrogens is 230 g/mol. The number of rotatable bonds is 2. The van der Waals surface area contributed by atoms with Gasteiger partial charge < -0.3 is 5.32 Å². The molecule has 1 aliphatic heterocycles. The van der Waals surface area contributed by atoms with Crippen molar-refractivity contribution in [1.29, 1.82) is 0 Å². The van der Waals surface area contributed by atoms with E-state index in [1.54, 1.807) is 11.1 Å². The molecule has 19 heavy (non-hydrogen) atoms. The Labute approximate surface area is 114 Å². The van der Waals surface area contributed by atoms with Gasteiger partial charge >= 0.3 is 0 Å². The highest BCUT2D eigenvalue weighted by Gasteiger charge is 2.25. The molecule has 1 unspecified atom stereocenters. The van der Waals surface area contributed by atoms with Crippen molar-refractivity contribution in [3.05, 3.63) is 64.7 Å². The van der Waals surface area contributed by atoms with Crippen LogP contribution in [0.25, 0.3) is 0 Å². The Hall–Kier alpha value is -1.76. The molecule has 1 aliphatic carbocycles. The fourth-order valence-corrected chi connectivity index (χ4v) is 3.48. The van der Waals surface area contributed by atoms with Crippen LogP contribution in [0.15, 0.2) is 42.5 Å². The highest BCUT2D eigenvalue weighted by molar-refractivity contribution is 5.54. The van der Waals surface area contributed by atoms with Crippen molar-refractivity contribution >= 4 is 5.69 Å². The monoisotopic (exact) mass is 249 g/mol. The topological polar surface area (TPSA) is 12.0 Å². The summed E-state index contributed by atoms with van der Waals surface area (Å²) in [4.78, 5) is 0. The van der Waals surface area contributed by atoms with Crippen LogP contribution >= 0.6 is 0 Å². The summed E-state index contributed by atoms with van der Waals surface area (Å²) in [6, 6.07) is 15.9. The van der Waals surface area contributed by atoms with Gasteiger partial charge in [-0.05, 0) is 59.9 Å². The van der Waals surface area contributed by atoms with E-state index < -0.39 is 0 Å². The second-order valence-corrected chi connectivity index (χ2v) is 5.83. The van der Waals surface area contributed by atoms with Gasteiger partial charge in [0.2, 0.25) is 0 Å². The molecule has 0 bridgehead atoms. The van der Waals surface area contributed by atoms with Crippen molar-refractivity contribution in [3.8, 4) is 0 Å². The number of nitrogens with one attached hydrogen (secondary N) is 1. The van der Waals surface area contributed by atoms with Gasteiger partial charge in [-0.2, -0.15) is 0 Å². The van der Waals surface area contributed by atoms with Crippen LogP contribution in [0.1, 0.15) is 34.6 Å². The van der Waals surface area contributed by atoms with Crippen molar-refractivity contribution in [2.45, 2.75) is 31.6 Å². The van der Waals surface area contributed by atoms with Crippen molar-refractivity contribution < 1.29 is 0 Å². The van der Waals surface area contributed by atoms with Crippen LogP contribution in [0.3, 0.4) is 0 Å². The first-order chi connectivity index (χ1) is 9.40. The van der Waals surface area contributed by atoms with Crippen LogP contribution in [-0.4, -0.2) is 6.54 Å². The molecule has 1 heterocycles. The van der Waals surface area contributed by atoms with Crippen molar-refractivity contribution in [2.75, 3.05) is 11.9 Å². The molecule has 2 aromatic carbocycles. The number of anilines is 1. The van der Waals surface area contributed by atoms with E-state index in [2.05, 4.69) is 47.8 Å². The summed E-state index contributed by atoms with van der Waals surface area (Å²) in [5.74, 6) is 0.741. The molecule has 0 saturated heterocycles. The molecule has 1 heteroatoms. The fourth-order valence-electron chi connectivity index (χ4n) is 3.48. The van der Waals surface area contributed by atoms with Gasteiger partial charge in [0.25, 0.3) is 0 Å². The average Bonchev–Trinajstić information content (AvgIpc) is 2.45. The van der Waals surface area contributed by atoms with E-state index in [9.17, 15) is 0 Å². The third kappa shape index (κ3) is 1.94. The van der Waals surface area contributed by atoms with Gasteiger partial charge in [0.1, 0.15) is 0 Å². The van der Waals surface area contributed by atoms with E-state index in [-0.39, 0.29) is 0 Å². The lowest BCUT2D eigenvalue weighted by molar-refractivity contribution is 0.604. The predicted octanol–water partition coefficient (Wildman–Crippen LogP) is 3.93. The van der Waals surface area contributed by atoms with E-state index in [0.717, 1.165) is 12.5 Å². The molecule has 0 aromatic heterocycles. The van der Waals surface area contributed by atoms with Gasteiger partial charge in [0, 0.05) is 12.2 Å². The van der Waals surface area contributed by atoms with E-state index in [4.69, 9.17) is 0 Å². The summed E-state index contributed by atoms with van der Waals surface area (Å²) in [6.45, 7) is 1.13. The zero-order chi connectivity index (χ0) is 12.7. The molecule has 1 atom stereocenters. The molecule has 0 fully saturated rings. The maximum Gasteiger partial charge on any atom is 0.0372 e. The van der Waals surface area contributed by atoms with Gasteiger partial charge in [0.05, 0.1) is 0 Å². The summed E-state index contributed by atoms with van der Waals surface area (Å²) >= 11 is 0. The fraction of sp³-hybridized carbons (Fsp3) is 0.333. The minimum absolute atomic E-state index is 0.741. The smallest absolute Gasteiger partial charge is 0.0372 e. The van der Waals surface area contributed by atoms with E-state index in [0.29, 0.717) is 0 Å². The Morgan fingerprint density at radius 1 is 1.05 bits per heavy atom. The largest absolute Gasteiger partial charge is 0.385 e. The minimum Gasteiger partial charge on any atom is -0.385 e. The molecule has 4 rings (SSSR count). The normalized spacial score (nSPS) is 19.9. The molecule has 2 aliphatic rings. The van der Waals surface area contributed by atoms with E-state index >= 15 is 0 Å². The second kappa shape index (κ2) is 4.41. The average molecular weight is 249 g/mol. The zero-order valence-electron chi connectivity index (χ0n) is 11.2. The Morgan fingerprint density at radius 2 is 2.00 bits per heavy atom. The van der Waals surface area contributed by atoms with E-state index in [1.165, 1.54) is 42.5 Å². The maximum atomic E-state index is 3.49. The van der Waals surface area contributed by atoms with Gasteiger partial charge in [-0.25, -0.2) is 0 Å². The van der Waals surface area contributed by atoms with Gasteiger partial charge in [0.15, 0.2) is 0 Å². The maximum absolute atomic E-state index is 3.49. The van der Waals surface area contributed by atoms with Crippen molar-refractivity contribution in [1.82, 2.24) is 0 Å². The van der Waals surface area contributed by atoms with Gasteiger partial charge in [-0.3, -0.25) is 0 Å². The third-order valence-corrected chi connectivity index (χ3v) is 4.55. The first kappa shape index (κ1) is 11.1. The molecule has 0 amide bonds. The van der Waals surface area contributed by atoms with Crippen LogP contribution in [0.5, 0.6) is 0 Å². The van der Waals surface area contributed by atoms with Gasteiger partial charge in [-0.15, -0.1) is 0 Å². The van der Waals surface area contributed by atoms with Crippen molar-refractivity contribution in [2.24, 2.45) is 0 Å². The van der Waals surface area contributed by atoms with Crippen LogP contribution in [-0.2, 0) is 19.3 Å². The minimum atomic E-state index is 0.741. The molecule has 0 spiro atoms. The SMILES string of the molecule is c1ccc2c(c1)CC2Cc1ccc2c(c1)CCCN2. The first-order valence-electron chi connectivity index (χ1n) is 7.33. The number of aryl methyl sites for hydroxylation is 1. The van der Waals surface area contributed by atoms with E-state index in [1.807, 2.05) is 0 Å². The molecule has 1 nitrogen and oxygen atoms in total. The lowest BCUT2D eigenvalue weighted by Gasteiger charge is -2.30. The standard InChI is InChI=1S/C18H19N/c1-2-6-17-14(4-1)12-16(17)11-13-7-8-18-15(10-13)5-3-9-19-18/h1-2,4,6-8,10,16,19H,3,5,9,11-12H2. The molecule has 0 saturated carbocycles. The molecule has 0 radical (unpaired) electrons. The lowest BCUT2D eigenvalue weighted by Crippen LogP contribution is -2.19. The third-order valence-electron chi connectivity index (χ3n) is 4.55. The Balaban J connectivity index is 1.55. The summed E-state index contributed by atoms with van der Waals surface area (Å²) in [5, 5.41) is 3.49. The first-order valence-corrected chi connectivity index (χ1v) is 7.33. The summed E-state index contributed by atoms with van der Waals surface area (Å²) in [5.41, 5.74) is 7.48. The number of benzene rings is 2. The predicted molar refractivity (Wildman–Crippen MR) is 79.8 cm³/mol. The van der Waals surface area contributed by atoms with Crippen LogP contribution in [0.4, 0.5) is 5.69 Å². The second-order valence-electron chi connectivity index (χ2n) is 5.83. The highest BCUT2D eigenvalue weighted by atomic mass is 14.9. The Morgan fingerprint density at radius 3 is 2.95 bits per heavy atom. The number of fused-ring (bicyclic) bond motifs is 2. The van der Waals surface area contributed by atoms with Crippen LogP contribution < -0.4 is 5.32 Å². The quantitative estimate of drug-likeness (QED) is 0.850. The zero-order valence-corrected chi connectivity index (χ0v) is 11.2. The Bertz CT molecular complexity index is 615. The van der Waals surface area contributed by atoms with Crippen LogP contribution in [0.2, 0.25) is 0 Å². The molecule has 96 valence electrons. The van der Waals surface area contributed by atoms with Crippen molar-refractivity contribution in [3.63, 3.8) is 0 Å². The highest BCUT2D eigenvalue weighted by Crippen LogP contribution is 2.37. The number of hydrogen-bond donors (Lipinski definition) is 1. The molecular formula is C18H19N. The summed E-state index contributed by atoms with van der Waals surface area (Å²) < 4.78 is 0. The summed E-state index contributed by atoms with van der Waals surface area (Å²) in [6.07, 6.45) is 4.95. The molecule has 2 aromatic rings.